The van der Waals surface area contributed by atoms with Crippen molar-refractivity contribution in [3.05, 3.63) is 58.2 Å². The third kappa shape index (κ3) is 4.20. The standard InChI is InChI=1S/C16H18ClN3O/c1-3-14-8-12(9-15(18-2)20-14)16(21)19-10-11-5-4-6-13(17)7-11/h4-9H,3,10H2,1-2H3,(H,18,20)(H,19,21). The highest BCUT2D eigenvalue weighted by atomic mass is 35.5. The lowest BCUT2D eigenvalue weighted by molar-refractivity contribution is 0.0950. The molecule has 2 rings (SSSR count). The summed E-state index contributed by atoms with van der Waals surface area (Å²) >= 11 is 5.93. The maximum absolute atomic E-state index is 12.2. The molecule has 0 aliphatic heterocycles. The van der Waals surface area contributed by atoms with E-state index in [1.165, 1.54) is 0 Å². The largest absolute Gasteiger partial charge is 0.373 e. The van der Waals surface area contributed by atoms with Gasteiger partial charge in [0.2, 0.25) is 0 Å². The van der Waals surface area contributed by atoms with Crippen LogP contribution in [0.2, 0.25) is 5.02 Å². The molecule has 0 saturated carbocycles. The maximum atomic E-state index is 12.2. The number of carbonyl (C=O) groups is 1. The van der Waals surface area contributed by atoms with Crippen LogP contribution in [0.15, 0.2) is 36.4 Å². The van der Waals surface area contributed by atoms with Gasteiger partial charge in [-0.25, -0.2) is 4.98 Å². The molecule has 0 atom stereocenters. The van der Waals surface area contributed by atoms with Gasteiger partial charge in [0.25, 0.3) is 5.91 Å². The van der Waals surface area contributed by atoms with Crippen molar-refractivity contribution in [3.8, 4) is 0 Å². The molecule has 1 aromatic heterocycles. The number of hydrogen-bond donors (Lipinski definition) is 2. The summed E-state index contributed by atoms with van der Waals surface area (Å²) < 4.78 is 0. The summed E-state index contributed by atoms with van der Waals surface area (Å²) in [7, 11) is 1.79. The van der Waals surface area contributed by atoms with Crippen molar-refractivity contribution in [2.75, 3.05) is 12.4 Å². The first kappa shape index (κ1) is 15.3. The van der Waals surface area contributed by atoms with E-state index in [0.717, 1.165) is 17.7 Å². The van der Waals surface area contributed by atoms with Crippen LogP contribution >= 0.6 is 11.6 Å². The van der Waals surface area contributed by atoms with Gasteiger partial charge in [0.15, 0.2) is 0 Å². The summed E-state index contributed by atoms with van der Waals surface area (Å²) in [5, 5.41) is 6.52. The molecule has 21 heavy (non-hydrogen) atoms. The Balaban J connectivity index is 2.09. The number of nitrogens with zero attached hydrogens (tertiary/aromatic N) is 1. The van der Waals surface area contributed by atoms with E-state index in [9.17, 15) is 4.79 Å². The Kier molecular flexibility index (Phi) is 5.17. The number of rotatable bonds is 5. The molecule has 0 unspecified atom stereocenters. The van der Waals surface area contributed by atoms with Gasteiger partial charge in [-0.3, -0.25) is 4.79 Å². The Morgan fingerprint density at radius 1 is 1.29 bits per heavy atom. The van der Waals surface area contributed by atoms with Crippen LogP contribution in [0.4, 0.5) is 5.82 Å². The molecule has 0 spiro atoms. The maximum Gasteiger partial charge on any atom is 0.251 e. The van der Waals surface area contributed by atoms with Crippen molar-refractivity contribution in [1.29, 1.82) is 0 Å². The molecule has 1 aromatic carbocycles. The monoisotopic (exact) mass is 303 g/mol. The molecule has 1 heterocycles. The van der Waals surface area contributed by atoms with Gasteiger partial charge in [0.05, 0.1) is 0 Å². The highest BCUT2D eigenvalue weighted by molar-refractivity contribution is 6.30. The SMILES string of the molecule is CCc1cc(C(=O)NCc2cccc(Cl)c2)cc(NC)n1. The van der Waals surface area contributed by atoms with Gasteiger partial charge in [-0.15, -0.1) is 0 Å². The Hall–Kier alpha value is -2.07. The van der Waals surface area contributed by atoms with Crippen LogP contribution in [0.3, 0.4) is 0 Å². The van der Waals surface area contributed by atoms with Crippen molar-refractivity contribution in [2.45, 2.75) is 19.9 Å². The molecule has 5 heteroatoms. The van der Waals surface area contributed by atoms with Crippen LogP contribution in [0.25, 0.3) is 0 Å². The number of aryl methyl sites for hydroxylation is 1. The number of anilines is 1. The topological polar surface area (TPSA) is 54.0 Å². The summed E-state index contributed by atoms with van der Waals surface area (Å²) in [5.74, 6) is 0.575. The van der Waals surface area contributed by atoms with Crippen molar-refractivity contribution in [3.63, 3.8) is 0 Å². The molecular formula is C16H18ClN3O. The number of hydrogen-bond acceptors (Lipinski definition) is 3. The summed E-state index contributed by atoms with van der Waals surface area (Å²) in [6, 6.07) is 11.0. The number of halogens is 1. The van der Waals surface area contributed by atoms with E-state index in [0.29, 0.717) is 22.9 Å². The molecule has 0 aliphatic rings. The zero-order valence-corrected chi connectivity index (χ0v) is 12.9. The highest BCUT2D eigenvalue weighted by Gasteiger charge is 2.09. The normalized spacial score (nSPS) is 10.2. The Bertz CT molecular complexity index is 621. The molecule has 0 radical (unpaired) electrons. The van der Waals surface area contributed by atoms with E-state index < -0.39 is 0 Å². The van der Waals surface area contributed by atoms with E-state index in [4.69, 9.17) is 11.6 Å². The molecule has 0 aliphatic carbocycles. The molecule has 4 nitrogen and oxygen atoms in total. The van der Waals surface area contributed by atoms with Crippen molar-refractivity contribution < 1.29 is 4.79 Å². The lowest BCUT2D eigenvalue weighted by Gasteiger charge is -2.09. The number of aromatic nitrogens is 1. The van der Waals surface area contributed by atoms with E-state index in [1.54, 1.807) is 13.1 Å². The van der Waals surface area contributed by atoms with Gasteiger partial charge >= 0.3 is 0 Å². The predicted molar refractivity (Wildman–Crippen MR) is 85.8 cm³/mol. The summed E-state index contributed by atoms with van der Waals surface area (Å²) in [4.78, 5) is 16.6. The fourth-order valence-electron chi connectivity index (χ4n) is 1.96. The fraction of sp³-hybridized carbons (Fsp3) is 0.250. The average Bonchev–Trinajstić information content (AvgIpc) is 2.52. The molecule has 0 saturated heterocycles. The van der Waals surface area contributed by atoms with Crippen molar-refractivity contribution in [2.24, 2.45) is 0 Å². The third-order valence-corrected chi connectivity index (χ3v) is 3.34. The summed E-state index contributed by atoms with van der Waals surface area (Å²) in [6.07, 6.45) is 0.782. The van der Waals surface area contributed by atoms with Crippen LogP contribution in [-0.2, 0) is 13.0 Å². The van der Waals surface area contributed by atoms with Gasteiger partial charge < -0.3 is 10.6 Å². The van der Waals surface area contributed by atoms with Crippen LogP contribution in [0, 0.1) is 0 Å². The highest BCUT2D eigenvalue weighted by Crippen LogP contribution is 2.13. The number of nitrogens with one attached hydrogen (secondary N) is 2. The van der Waals surface area contributed by atoms with E-state index in [2.05, 4.69) is 15.6 Å². The first-order chi connectivity index (χ1) is 10.1. The van der Waals surface area contributed by atoms with Gasteiger partial charge in [-0.1, -0.05) is 30.7 Å². The molecule has 2 aromatic rings. The Labute approximate surface area is 129 Å². The third-order valence-electron chi connectivity index (χ3n) is 3.10. The molecule has 1 amide bonds. The summed E-state index contributed by atoms with van der Waals surface area (Å²) in [6.45, 7) is 2.45. The van der Waals surface area contributed by atoms with E-state index in [-0.39, 0.29) is 5.91 Å². The van der Waals surface area contributed by atoms with E-state index in [1.807, 2.05) is 37.3 Å². The lowest BCUT2D eigenvalue weighted by Crippen LogP contribution is -2.23. The number of pyridine rings is 1. The first-order valence-corrected chi connectivity index (χ1v) is 7.21. The average molecular weight is 304 g/mol. The van der Waals surface area contributed by atoms with Gasteiger partial charge in [-0.2, -0.15) is 0 Å². The zero-order chi connectivity index (χ0) is 15.2. The second kappa shape index (κ2) is 7.09. The van der Waals surface area contributed by atoms with Crippen molar-refractivity contribution in [1.82, 2.24) is 10.3 Å². The smallest absolute Gasteiger partial charge is 0.251 e. The number of benzene rings is 1. The molecule has 110 valence electrons. The van der Waals surface area contributed by atoms with Crippen LogP contribution in [-0.4, -0.2) is 17.9 Å². The van der Waals surface area contributed by atoms with E-state index >= 15 is 0 Å². The van der Waals surface area contributed by atoms with Crippen molar-refractivity contribution >= 4 is 23.3 Å². The Morgan fingerprint density at radius 3 is 2.76 bits per heavy atom. The molecule has 0 bridgehead atoms. The van der Waals surface area contributed by atoms with Crippen LogP contribution < -0.4 is 10.6 Å². The summed E-state index contributed by atoms with van der Waals surface area (Å²) in [5.41, 5.74) is 2.46. The van der Waals surface area contributed by atoms with Gasteiger partial charge in [0.1, 0.15) is 5.82 Å². The molecule has 0 fully saturated rings. The van der Waals surface area contributed by atoms with Crippen LogP contribution in [0.1, 0.15) is 28.5 Å². The van der Waals surface area contributed by atoms with Crippen LogP contribution in [0.5, 0.6) is 0 Å². The minimum Gasteiger partial charge on any atom is -0.373 e. The number of amides is 1. The second-order valence-corrected chi connectivity index (χ2v) is 5.08. The quantitative estimate of drug-likeness (QED) is 0.891. The molecular weight excluding hydrogens is 286 g/mol. The van der Waals surface area contributed by atoms with Gasteiger partial charge in [0, 0.05) is 29.9 Å². The Morgan fingerprint density at radius 2 is 2.10 bits per heavy atom. The lowest BCUT2D eigenvalue weighted by atomic mass is 10.1. The second-order valence-electron chi connectivity index (χ2n) is 4.65. The van der Waals surface area contributed by atoms with Gasteiger partial charge in [-0.05, 0) is 36.2 Å². The first-order valence-electron chi connectivity index (χ1n) is 6.83. The number of carbonyl (C=O) groups excluding carboxylic acids is 1. The molecule has 2 N–H and O–H groups in total. The predicted octanol–water partition coefficient (Wildman–Crippen LogP) is 3.27. The minimum atomic E-state index is -0.122. The zero-order valence-electron chi connectivity index (χ0n) is 12.1. The minimum absolute atomic E-state index is 0.122. The fourth-order valence-corrected chi connectivity index (χ4v) is 2.17.